The molecule has 120 valence electrons. The Labute approximate surface area is 145 Å². The molecule has 0 aliphatic rings. The van der Waals surface area contributed by atoms with Crippen LogP contribution in [-0.2, 0) is 4.79 Å². The number of carbonyl (C=O) groups excluding carboxylic acids is 1. The molecule has 3 rings (SSSR count). The number of aromatic nitrogens is 2. The topological polar surface area (TPSA) is 54.9 Å². The quantitative estimate of drug-likeness (QED) is 0.727. The third-order valence-corrected chi connectivity index (χ3v) is 3.95. The van der Waals surface area contributed by atoms with E-state index in [-0.39, 0.29) is 11.9 Å². The highest BCUT2D eigenvalue weighted by atomic mass is 35.5. The van der Waals surface area contributed by atoms with Crippen LogP contribution >= 0.6 is 11.6 Å². The van der Waals surface area contributed by atoms with Crippen molar-refractivity contribution in [3.05, 3.63) is 77.1 Å². The average molecular weight is 338 g/mol. The van der Waals surface area contributed by atoms with E-state index in [9.17, 15) is 4.79 Å². The zero-order chi connectivity index (χ0) is 16.9. The van der Waals surface area contributed by atoms with E-state index in [1.165, 1.54) is 6.08 Å². The normalized spacial score (nSPS) is 12.4. The Hall–Kier alpha value is -2.72. The third kappa shape index (κ3) is 3.78. The summed E-state index contributed by atoms with van der Waals surface area (Å²) in [5.41, 5.74) is 3.14. The van der Waals surface area contributed by atoms with Crippen molar-refractivity contribution < 1.29 is 4.79 Å². The Morgan fingerprint density at radius 3 is 2.62 bits per heavy atom. The fraction of sp³-hybridized carbons (Fsp3) is 0.105. The molecule has 4 nitrogen and oxygen atoms in total. The first-order valence-electron chi connectivity index (χ1n) is 7.58. The molecule has 0 aliphatic carbocycles. The van der Waals surface area contributed by atoms with Gasteiger partial charge in [0, 0.05) is 11.1 Å². The first kappa shape index (κ1) is 16.1. The molecule has 1 heterocycles. The van der Waals surface area contributed by atoms with Crippen molar-refractivity contribution in [1.29, 1.82) is 0 Å². The SMILES string of the molecule is CC(NC(=O)/C=C/c1cnc2ccccc2n1)c1ccccc1Cl. The van der Waals surface area contributed by atoms with Gasteiger partial charge in [-0.15, -0.1) is 0 Å². The minimum atomic E-state index is -0.211. The van der Waals surface area contributed by atoms with Crippen molar-refractivity contribution in [2.45, 2.75) is 13.0 Å². The van der Waals surface area contributed by atoms with Crippen LogP contribution in [0.1, 0.15) is 24.2 Å². The van der Waals surface area contributed by atoms with E-state index in [4.69, 9.17) is 11.6 Å². The zero-order valence-electron chi connectivity index (χ0n) is 13.1. The van der Waals surface area contributed by atoms with E-state index in [1.54, 1.807) is 18.3 Å². The molecule has 1 amide bonds. The van der Waals surface area contributed by atoms with Gasteiger partial charge in [0.15, 0.2) is 0 Å². The summed E-state index contributed by atoms with van der Waals surface area (Å²) in [6.45, 7) is 1.89. The van der Waals surface area contributed by atoms with Crippen LogP contribution in [0.3, 0.4) is 0 Å². The monoisotopic (exact) mass is 337 g/mol. The Kier molecular flexibility index (Phi) is 4.87. The molecule has 1 aromatic heterocycles. The summed E-state index contributed by atoms with van der Waals surface area (Å²) in [5.74, 6) is -0.211. The van der Waals surface area contributed by atoms with Gasteiger partial charge in [-0.05, 0) is 36.8 Å². The molecule has 1 unspecified atom stereocenters. The second-order valence-electron chi connectivity index (χ2n) is 5.37. The maximum absolute atomic E-state index is 12.1. The highest BCUT2D eigenvalue weighted by Gasteiger charge is 2.10. The highest BCUT2D eigenvalue weighted by molar-refractivity contribution is 6.31. The van der Waals surface area contributed by atoms with Crippen molar-refractivity contribution in [2.24, 2.45) is 0 Å². The number of amides is 1. The van der Waals surface area contributed by atoms with E-state index in [0.717, 1.165) is 16.6 Å². The van der Waals surface area contributed by atoms with Crippen molar-refractivity contribution in [1.82, 2.24) is 15.3 Å². The van der Waals surface area contributed by atoms with Gasteiger partial charge in [0.2, 0.25) is 5.91 Å². The van der Waals surface area contributed by atoms with Gasteiger partial charge in [0.25, 0.3) is 0 Å². The highest BCUT2D eigenvalue weighted by Crippen LogP contribution is 2.22. The van der Waals surface area contributed by atoms with Gasteiger partial charge in [-0.25, -0.2) is 4.98 Å². The number of carbonyl (C=O) groups is 1. The van der Waals surface area contributed by atoms with Gasteiger partial charge in [-0.3, -0.25) is 9.78 Å². The molecule has 3 aromatic rings. The number of fused-ring (bicyclic) bond motifs is 1. The predicted molar refractivity (Wildman–Crippen MR) is 96.6 cm³/mol. The van der Waals surface area contributed by atoms with E-state index in [2.05, 4.69) is 15.3 Å². The van der Waals surface area contributed by atoms with Crippen molar-refractivity contribution in [3.63, 3.8) is 0 Å². The third-order valence-electron chi connectivity index (χ3n) is 3.60. The van der Waals surface area contributed by atoms with Crippen LogP contribution < -0.4 is 5.32 Å². The predicted octanol–water partition coefficient (Wildman–Crippen LogP) is 4.17. The average Bonchev–Trinajstić information content (AvgIpc) is 2.60. The molecule has 0 saturated carbocycles. The maximum Gasteiger partial charge on any atom is 0.244 e. The number of benzene rings is 2. The number of nitrogens with zero attached hydrogens (tertiary/aromatic N) is 2. The van der Waals surface area contributed by atoms with E-state index in [0.29, 0.717) is 10.7 Å². The number of rotatable bonds is 4. The summed E-state index contributed by atoms with van der Waals surface area (Å²) < 4.78 is 0. The van der Waals surface area contributed by atoms with Crippen LogP contribution in [0.5, 0.6) is 0 Å². The van der Waals surface area contributed by atoms with Gasteiger partial charge >= 0.3 is 0 Å². The minimum absolute atomic E-state index is 0.182. The van der Waals surface area contributed by atoms with Crippen LogP contribution in [0.2, 0.25) is 5.02 Å². The van der Waals surface area contributed by atoms with Crippen molar-refractivity contribution in [2.75, 3.05) is 0 Å². The molecular weight excluding hydrogens is 322 g/mol. The van der Waals surface area contributed by atoms with Gasteiger partial charge < -0.3 is 5.32 Å². The maximum atomic E-state index is 12.1. The molecule has 1 N–H and O–H groups in total. The van der Waals surface area contributed by atoms with Gasteiger partial charge in [0.1, 0.15) is 0 Å². The Morgan fingerprint density at radius 1 is 1.12 bits per heavy atom. The molecule has 2 aromatic carbocycles. The Bertz CT molecular complexity index is 908. The standard InChI is InChI=1S/C19H16ClN3O/c1-13(15-6-2-3-7-16(15)20)22-19(24)11-10-14-12-21-17-8-4-5-9-18(17)23-14/h2-13H,1H3,(H,22,24)/b11-10+. The summed E-state index contributed by atoms with van der Waals surface area (Å²) >= 11 is 6.14. The van der Waals surface area contributed by atoms with E-state index < -0.39 is 0 Å². The lowest BCUT2D eigenvalue weighted by molar-refractivity contribution is -0.117. The summed E-state index contributed by atoms with van der Waals surface area (Å²) in [4.78, 5) is 20.9. The van der Waals surface area contributed by atoms with E-state index in [1.807, 2.05) is 49.4 Å². The summed E-state index contributed by atoms with van der Waals surface area (Å²) in [6.07, 6.45) is 4.74. The number of para-hydroxylation sites is 2. The lowest BCUT2D eigenvalue weighted by atomic mass is 10.1. The molecule has 0 radical (unpaired) electrons. The smallest absolute Gasteiger partial charge is 0.244 e. The van der Waals surface area contributed by atoms with Crippen molar-refractivity contribution in [3.8, 4) is 0 Å². The number of hydrogen-bond donors (Lipinski definition) is 1. The lowest BCUT2D eigenvalue weighted by Crippen LogP contribution is -2.24. The minimum Gasteiger partial charge on any atom is -0.346 e. The van der Waals surface area contributed by atoms with Crippen molar-refractivity contribution >= 4 is 34.6 Å². The van der Waals surface area contributed by atoms with Crippen LogP contribution in [0, 0.1) is 0 Å². The Balaban J connectivity index is 1.69. The molecule has 0 bridgehead atoms. The van der Waals surface area contributed by atoms with Gasteiger partial charge in [-0.2, -0.15) is 0 Å². The van der Waals surface area contributed by atoms with Crippen LogP contribution in [0.25, 0.3) is 17.1 Å². The Morgan fingerprint density at radius 2 is 1.83 bits per heavy atom. The molecule has 0 fully saturated rings. The van der Waals surface area contributed by atoms with Gasteiger partial charge in [-0.1, -0.05) is 41.9 Å². The molecular formula is C19H16ClN3O. The number of nitrogens with one attached hydrogen (secondary N) is 1. The zero-order valence-corrected chi connectivity index (χ0v) is 13.9. The molecule has 5 heteroatoms. The van der Waals surface area contributed by atoms with Gasteiger partial charge in [0.05, 0.1) is 29.0 Å². The molecule has 0 saturated heterocycles. The second kappa shape index (κ2) is 7.23. The summed E-state index contributed by atoms with van der Waals surface area (Å²) in [7, 11) is 0. The lowest BCUT2D eigenvalue weighted by Gasteiger charge is -2.14. The van der Waals surface area contributed by atoms with Crippen LogP contribution in [-0.4, -0.2) is 15.9 Å². The number of hydrogen-bond acceptors (Lipinski definition) is 3. The fourth-order valence-corrected chi connectivity index (χ4v) is 2.68. The van der Waals surface area contributed by atoms with Crippen LogP contribution in [0.4, 0.5) is 0 Å². The summed E-state index contributed by atoms with van der Waals surface area (Å²) in [6, 6.07) is 14.9. The first-order valence-corrected chi connectivity index (χ1v) is 7.96. The number of halogens is 1. The van der Waals surface area contributed by atoms with Crippen LogP contribution in [0.15, 0.2) is 60.8 Å². The first-order chi connectivity index (χ1) is 11.6. The summed E-state index contributed by atoms with van der Waals surface area (Å²) in [5, 5.41) is 3.52. The largest absolute Gasteiger partial charge is 0.346 e. The molecule has 0 spiro atoms. The molecule has 1 atom stereocenters. The fourth-order valence-electron chi connectivity index (χ4n) is 2.38. The molecule has 24 heavy (non-hydrogen) atoms. The van der Waals surface area contributed by atoms with E-state index >= 15 is 0 Å². The molecule has 0 aliphatic heterocycles. The second-order valence-corrected chi connectivity index (χ2v) is 5.78.